The third-order valence-electron chi connectivity index (χ3n) is 2.44. The van der Waals surface area contributed by atoms with Crippen LogP contribution in [0.4, 0.5) is 5.69 Å². The highest BCUT2D eigenvalue weighted by Crippen LogP contribution is 2.10. The van der Waals surface area contributed by atoms with E-state index < -0.39 is 0 Å². The zero-order chi connectivity index (χ0) is 10.4. The van der Waals surface area contributed by atoms with Gasteiger partial charge in [0.25, 0.3) is 0 Å². The summed E-state index contributed by atoms with van der Waals surface area (Å²) in [7, 11) is 0. The fourth-order valence-electron chi connectivity index (χ4n) is 1.52. The minimum Gasteiger partial charge on any atom is -0.380 e. The molecule has 0 radical (unpaired) electrons. The number of anilines is 1. The molecular weight excluding hydrogens is 174 g/mol. The summed E-state index contributed by atoms with van der Waals surface area (Å²) < 4.78 is 1.99. The van der Waals surface area contributed by atoms with Crippen LogP contribution in [-0.2, 0) is 6.54 Å². The molecule has 0 aromatic carbocycles. The zero-order valence-corrected chi connectivity index (χ0v) is 9.45. The van der Waals surface area contributed by atoms with E-state index in [2.05, 4.69) is 37.4 Å². The molecule has 0 saturated carbocycles. The van der Waals surface area contributed by atoms with E-state index in [0.717, 1.165) is 31.5 Å². The van der Waals surface area contributed by atoms with Crippen molar-refractivity contribution in [2.75, 3.05) is 5.32 Å². The van der Waals surface area contributed by atoms with Gasteiger partial charge in [-0.3, -0.25) is 4.68 Å². The van der Waals surface area contributed by atoms with Gasteiger partial charge in [-0.15, -0.1) is 0 Å². The van der Waals surface area contributed by atoms with Gasteiger partial charge in [-0.1, -0.05) is 20.8 Å². The summed E-state index contributed by atoms with van der Waals surface area (Å²) in [6.07, 6.45) is 7.45. The predicted molar refractivity (Wildman–Crippen MR) is 60.5 cm³/mol. The first-order valence-corrected chi connectivity index (χ1v) is 5.59. The average molecular weight is 195 g/mol. The number of aryl methyl sites for hydroxylation is 1. The largest absolute Gasteiger partial charge is 0.380 e. The summed E-state index contributed by atoms with van der Waals surface area (Å²) >= 11 is 0. The van der Waals surface area contributed by atoms with E-state index in [1.165, 1.54) is 0 Å². The Bertz CT molecular complexity index is 251. The van der Waals surface area contributed by atoms with E-state index in [4.69, 9.17) is 0 Å². The van der Waals surface area contributed by atoms with Gasteiger partial charge < -0.3 is 5.32 Å². The summed E-state index contributed by atoms with van der Waals surface area (Å²) in [5.74, 6) is 0. The zero-order valence-electron chi connectivity index (χ0n) is 9.45. The van der Waals surface area contributed by atoms with Crippen LogP contribution in [0.3, 0.4) is 0 Å². The van der Waals surface area contributed by atoms with Crippen LogP contribution in [0.5, 0.6) is 0 Å². The smallest absolute Gasteiger partial charge is 0.0728 e. The molecule has 3 nitrogen and oxygen atoms in total. The minimum atomic E-state index is 0.578. The molecule has 3 heteroatoms. The fourth-order valence-corrected chi connectivity index (χ4v) is 1.52. The Labute approximate surface area is 86.5 Å². The second-order valence-corrected chi connectivity index (χ2v) is 3.65. The van der Waals surface area contributed by atoms with Crippen LogP contribution in [-0.4, -0.2) is 15.8 Å². The summed E-state index contributed by atoms with van der Waals surface area (Å²) in [5.41, 5.74) is 1.15. The quantitative estimate of drug-likeness (QED) is 0.756. The van der Waals surface area contributed by atoms with Crippen molar-refractivity contribution in [3.8, 4) is 0 Å². The lowest BCUT2D eigenvalue weighted by atomic mass is 10.2. The molecule has 1 heterocycles. The molecule has 0 aliphatic rings. The van der Waals surface area contributed by atoms with Crippen molar-refractivity contribution in [1.82, 2.24) is 9.78 Å². The molecule has 0 aliphatic carbocycles. The minimum absolute atomic E-state index is 0.578. The van der Waals surface area contributed by atoms with Crippen LogP contribution in [0, 0.1) is 0 Å². The summed E-state index contributed by atoms with van der Waals surface area (Å²) in [5, 5.41) is 7.76. The van der Waals surface area contributed by atoms with Gasteiger partial charge in [-0.25, -0.2) is 0 Å². The van der Waals surface area contributed by atoms with E-state index in [1.54, 1.807) is 0 Å². The maximum absolute atomic E-state index is 4.28. The Kier molecular flexibility index (Phi) is 4.50. The molecule has 80 valence electrons. The Morgan fingerprint density at radius 1 is 1.36 bits per heavy atom. The van der Waals surface area contributed by atoms with Crippen molar-refractivity contribution < 1.29 is 0 Å². The Morgan fingerprint density at radius 3 is 2.64 bits per heavy atom. The van der Waals surface area contributed by atoms with Crippen molar-refractivity contribution in [3.63, 3.8) is 0 Å². The van der Waals surface area contributed by atoms with Crippen LogP contribution in [0.25, 0.3) is 0 Å². The molecule has 0 saturated heterocycles. The van der Waals surface area contributed by atoms with Gasteiger partial charge in [0.15, 0.2) is 0 Å². The number of aromatic nitrogens is 2. The van der Waals surface area contributed by atoms with Crippen LogP contribution < -0.4 is 5.32 Å². The van der Waals surface area contributed by atoms with Gasteiger partial charge in [-0.05, 0) is 19.3 Å². The third kappa shape index (κ3) is 3.05. The van der Waals surface area contributed by atoms with Crippen molar-refractivity contribution >= 4 is 5.69 Å². The van der Waals surface area contributed by atoms with Crippen LogP contribution in [0.15, 0.2) is 12.4 Å². The Balaban J connectivity index is 2.49. The number of nitrogens with zero attached hydrogens (tertiary/aromatic N) is 2. The topological polar surface area (TPSA) is 29.9 Å². The van der Waals surface area contributed by atoms with E-state index in [-0.39, 0.29) is 0 Å². The van der Waals surface area contributed by atoms with Gasteiger partial charge in [-0.2, -0.15) is 5.10 Å². The first kappa shape index (κ1) is 11.1. The highest BCUT2D eigenvalue weighted by Gasteiger charge is 2.04. The second kappa shape index (κ2) is 5.68. The van der Waals surface area contributed by atoms with E-state index in [1.807, 2.05) is 10.9 Å². The van der Waals surface area contributed by atoms with Crippen molar-refractivity contribution in [3.05, 3.63) is 12.4 Å². The van der Waals surface area contributed by atoms with E-state index in [9.17, 15) is 0 Å². The number of nitrogens with one attached hydrogen (secondary N) is 1. The maximum atomic E-state index is 4.28. The van der Waals surface area contributed by atoms with Crippen molar-refractivity contribution in [1.29, 1.82) is 0 Å². The molecule has 0 amide bonds. The Morgan fingerprint density at radius 2 is 2.07 bits per heavy atom. The van der Waals surface area contributed by atoms with Gasteiger partial charge in [0.2, 0.25) is 0 Å². The summed E-state index contributed by atoms with van der Waals surface area (Å²) in [4.78, 5) is 0. The lowest BCUT2D eigenvalue weighted by molar-refractivity contribution is 0.602. The molecule has 1 rings (SSSR count). The fraction of sp³-hybridized carbons (Fsp3) is 0.727. The molecule has 1 aromatic rings. The van der Waals surface area contributed by atoms with Crippen LogP contribution >= 0.6 is 0 Å². The van der Waals surface area contributed by atoms with Crippen molar-refractivity contribution in [2.24, 2.45) is 0 Å². The molecule has 14 heavy (non-hydrogen) atoms. The molecule has 0 unspecified atom stereocenters. The van der Waals surface area contributed by atoms with Gasteiger partial charge in [0, 0.05) is 18.8 Å². The van der Waals surface area contributed by atoms with Crippen molar-refractivity contribution in [2.45, 2.75) is 52.6 Å². The number of rotatable bonds is 6. The molecule has 0 aliphatic heterocycles. The average Bonchev–Trinajstić information content (AvgIpc) is 2.63. The SMILES string of the molecule is CCCn1cc(NC(CC)CC)cn1. The molecular formula is C11H21N3. The standard InChI is InChI=1S/C11H21N3/c1-4-7-14-9-11(8-12-14)13-10(5-2)6-3/h8-10,13H,4-7H2,1-3H3. The monoisotopic (exact) mass is 195 g/mol. The van der Waals surface area contributed by atoms with E-state index in [0.29, 0.717) is 6.04 Å². The molecule has 1 N–H and O–H groups in total. The highest BCUT2D eigenvalue weighted by molar-refractivity contribution is 5.39. The van der Waals surface area contributed by atoms with Gasteiger partial charge in [0.05, 0.1) is 11.9 Å². The molecule has 0 spiro atoms. The summed E-state index contributed by atoms with van der Waals surface area (Å²) in [6, 6.07) is 0.578. The third-order valence-corrected chi connectivity index (χ3v) is 2.44. The predicted octanol–water partition coefficient (Wildman–Crippen LogP) is 2.89. The van der Waals surface area contributed by atoms with Crippen LogP contribution in [0.1, 0.15) is 40.0 Å². The molecule has 1 aromatic heterocycles. The maximum Gasteiger partial charge on any atom is 0.0728 e. The number of hydrogen-bond donors (Lipinski definition) is 1. The molecule has 0 bridgehead atoms. The molecule has 0 fully saturated rings. The Hall–Kier alpha value is -0.990. The normalized spacial score (nSPS) is 10.9. The van der Waals surface area contributed by atoms with Gasteiger partial charge in [0.1, 0.15) is 0 Å². The van der Waals surface area contributed by atoms with Crippen LogP contribution in [0.2, 0.25) is 0 Å². The lowest BCUT2D eigenvalue weighted by Gasteiger charge is -2.13. The molecule has 0 atom stereocenters. The second-order valence-electron chi connectivity index (χ2n) is 3.65. The highest BCUT2D eigenvalue weighted by atomic mass is 15.3. The first-order valence-electron chi connectivity index (χ1n) is 5.59. The number of hydrogen-bond acceptors (Lipinski definition) is 2. The van der Waals surface area contributed by atoms with E-state index >= 15 is 0 Å². The first-order chi connectivity index (χ1) is 6.80. The summed E-state index contributed by atoms with van der Waals surface area (Å²) in [6.45, 7) is 7.58. The lowest BCUT2D eigenvalue weighted by Crippen LogP contribution is -2.16. The van der Waals surface area contributed by atoms with Gasteiger partial charge >= 0.3 is 0 Å².